The van der Waals surface area contributed by atoms with Gasteiger partial charge in [-0.05, 0) is 42.2 Å². The van der Waals surface area contributed by atoms with Gasteiger partial charge in [-0.15, -0.1) is 0 Å². The summed E-state index contributed by atoms with van der Waals surface area (Å²) < 4.78 is 36.4. The maximum Gasteiger partial charge on any atom is 0.530 e. The summed E-state index contributed by atoms with van der Waals surface area (Å²) in [4.78, 5) is 29.7. The highest BCUT2D eigenvalue weighted by Crippen LogP contribution is 2.51. The molecule has 1 aromatic heterocycles. The third-order valence-electron chi connectivity index (χ3n) is 7.46. The number of hydrogen-bond donors (Lipinski definition) is 2. The van der Waals surface area contributed by atoms with Gasteiger partial charge in [-0.25, -0.2) is 4.57 Å². The molecule has 2 N–H and O–H groups in total. The number of carbonyl (C=O) groups excluding carboxylic acids is 2. The van der Waals surface area contributed by atoms with Gasteiger partial charge in [0, 0.05) is 19.8 Å². The Morgan fingerprint density at radius 1 is 0.812 bits per heavy atom. The van der Waals surface area contributed by atoms with Crippen molar-refractivity contribution in [1.29, 1.82) is 0 Å². The molecule has 2 atom stereocenters. The molecule has 256 valence electrons. The Balaban J connectivity index is 1.37. The number of nitrogens with one attached hydrogen (secondary N) is 2. The average Bonchev–Trinajstić information content (AvgIpc) is 3.57. The Kier molecular flexibility index (Phi) is 14.4. The van der Waals surface area contributed by atoms with Gasteiger partial charge < -0.3 is 19.7 Å². The molecule has 0 saturated carbocycles. The Morgan fingerprint density at radius 3 is 2.00 bits per heavy atom. The van der Waals surface area contributed by atoms with Crippen molar-refractivity contribution in [2.45, 2.75) is 91.0 Å². The van der Waals surface area contributed by atoms with Crippen LogP contribution < -0.4 is 15.2 Å². The lowest BCUT2D eigenvalue weighted by atomic mass is 10.0. The Bertz CT molecular complexity index is 1550. The fraction of sp³-hybridized carbons (Fsp3) is 0.389. The Hall–Kier alpha value is -4.31. The third kappa shape index (κ3) is 12.4. The SMILES string of the molecule is CCCCCCCc1noc([C@H](C)NC(=O)[C@H](Cc2ccc(OP(=O)(OCc3ccccc3)OCc3ccccc3)cc2)NC(C)=O)n1. The average molecular weight is 677 g/mol. The molecule has 11 nitrogen and oxygen atoms in total. The van der Waals surface area contributed by atoms with E-state index in [4.69, 9.17) is 18.1 Å². The van der Waals surface area contributed by atoms with Gasteiger partial charge in [-0.1, -0.05) is 111 Å². The van der Waals surface area contributed by atoms with Crippen LogP contribution in [0.3, 0.4) is 0 Å². The first-order valence-corrected chi connectivity index (χ1v) is 17.8. The number of phosphoric acid groups is 1. The summed E-state index contributed by atoms with van der Waals surface area (Å²) in [6.07, 6.45) is 6.58. The lowest BCUT2D eigenvalue weighted by Crippen LogP contribution is -2.48. The smallest absolute Gasteiger partial charge is 0.404 e. The van der Waals surface area contributed by atoms with Crippen LogP contribution in [0, 0.1) is 0 Å². The van der Waals surface area contributed by atoms with Gasteiger partial charge in [0.2, 0.25) is 17.7 Å². The van der Waals surface area contributed by atoms with Crippen LogP contribution >= 0.6 is 7.82 Å². The van der Waals surface area contributed by atoms with Gasteiger partial charge in [0.25, 0.3) is 0 Å². The van der Waals surface area contributed by atoms with Crippen LogP contribution in [0.25, 0.3) is 0 Å². The van der Waals surface area contributed by atoms with Gasteiger partial charge in [-0.2, -0.15) is 4.98 Å². The normalized spacial score (nSPS) is 12.6. The van der Waals surface area contributed by atoms with E-state index < -0.39 is 25.8 Å². The van der Waals surface area contributed by atoms with Crippen molar-refractivity contribution < 1.29 is 32.2 Å². The summed E-state index contributed by atoms with van der Waals surface area (Å²) in [6, 6.07) is 23.9. The minimum Gasteiger partial charge on any atom is -0.404 e. The molecule has 48 heavy (non-hydrogen) atoms. The number of benzene rings is 3. The van der Waals surface area contributed by atoms with Crippen LogP contribution in [0.4, 0.5) is 0 Å². The van der Waals surface area contributed by atoms with E-state index in [9.17, 15) is 14.2 Å². The molecular formula is C36H45N4O7P. The highest BCUT2D eigenvalue weighted by Gasteiger charge is 2.30. The fourth-order valence-corrected chi connectivity index (χ4v) is 6.03. The first kappa shape index (κ1) is 36.5. The standard InChI is InChI=1S/C36H45N4O7P/c1-4-5-6-7-14-19-34-39-36(46-40-34)27(2)37-35(42)33(38-28(3)41)24-29-20-22-32(23-21-29)47-48(43,44-25-30-15-10-8-11-16-30)45-26-31-17-12-9-13-18-31/h8-13,15-18,20-23,27,33H,4-7,14,19,24-26H2,1-3H3,(H,37,42)(H,38,41)/t27-,33-/m0/s1. The highest BCUT2D eigenvalue weighted by molar-refractivity contribution is 7.48. The molecule has 4 rings (SSSR count). The molecule has 0 aliphatic heterocycles. The van der Waals surface area contributed by atoms with Gasteiger partial charge in [0.15, 0.2) is 5.82 Å². The summed E-state index contributed by atoms with van der Waals surface area (Å²) in [7, 11) is -4.05. The maximum absolute atomic E-state index is 13.7. The van der Waals surface area contributed by atoms with E-state index in [-0.39, 0.29) is 31.3 Å². The zero-order chi connectivity index (χ0) is 34.2. The predicted octanol–water partition coefficient (Wildman–Crippen LogP) is 7.43. The number of carbonyl (C=O) groups is 2. The summed E-state index contributed by atoms with van der Waals surface area (Å²) >= 11 is 0. The predicted molar refractivity (Wildman–Crippen MR) is 182 cm³/mol. The van der Waals surface area contributed by atoms with E-state index in [1.807, 2.05) is 60.7 Å². The molecule has 0 bridgehead atoms. The van der Waals surface area contributed by atoms with Crippen molar-refractivity contribution in [3.05, 3.63) is 113 Å². The van der Waals surface area contributed by atoms with Crippen molar-refractivity contribution >= 4 is 19.6 Å². The van der Waals surface area contributed by atoms with Crippen molar-refractivity contribution in [3.8, 4) is 5.75 Å². The second-order valence-electron chi connectivity index (χ2n) is 11.6. The summed E-state index contributed by atoms with van der Waals surface area (Å²) in [5, 5.41) is 9.64. The quantitative estimate of drug-likeness (QED) is 0.0722. The number of hydrogen-bond acceptors (Lipinski definition) is 9. The Labute approximate surface area is 282 Å². The van der Waals surface area contributed by atoms with Crippen molar-refractivity contribution in [1.82, 2.24) is 20.8 Å². The van der Waals surface area contributed by atoms with E-state index in [2.05, 4.69) is 27.7 Å². The molecule has 0 aliphatic carbocycles. The molecule has 0 saturated heterocycles. The van der Waals surface area contributed by atoms with Gasteiger partial charge in [0.05, 0.1) is 13.2 Å². The van der Waals surface area contributed by atoms with Gasteiger partial charge >= 0.3 is 7.82 Å². The lowest BCUT2D eigenvalue weighted by Gasteiger charge is -2.20. The minimum absolute atomic E-state index is 0.0286. The molecule has 2 amide bonds. The second kappa shape index (κ2) is 18.9. The van der Waals surface area contributed by atoms with E-state index >= 15 is 0 Å². The molecule has 12 heteroatoms. The first-order chi connectivity index (χ1) is 23.2. The summed E-state index contributed by atoms with van der Waals surface area (Å²) in [6.45, 7) is 5.35. The fourth-order valence-electron chi connectivity index (χ4n) is 4.86. The van der Waals surface area contributed by atoms with E-state index in [0.29, 0.717) is 11.7 Å². The monoisotopic (exact) mass is 676 g/mol. The van der Waals surface area contributed by atoms with Gasteiger partial charge in [-0.3, -0.25) is 18.6 Å². The zero-order valence-electron chi connectivity index (χ0n) is 27.8. The number of nitrogens with zero attached hydrogens (tertiary/aromatic N) is 2. The zero-order valence-corrected chi connectivity index (χ0v) is 28.7. The minimum atomic E-state index is -4.05. The van der Waals surface area contributed by atoms with E-state index in [1.54, 1.807) is 31.2 Å². The van der Waals surface area contributed by atoms with Crippen LogP contribution in [-0.2, 0) is 49.3 Å². The number of phosphoric ester groups is 1. The van der Waals surface area contributed by atoms with Crippen molar-refractivity contribution in [2.24, 2.45) is 0 Å². The largest absolute Gasteiger partial charge is 0.530 e. The summed E-state index contributed by atoms with van der Waals surface area (Å²) in [5.74, 6) is 0.436. The summed E-state index contributed by atoms with van der Waals surface area (Å²) in [5.41, 5.74) is 2.36. The topological polar surface area (TPSA) is 142 Å². The molecule has 0 radical (unpaired) electrons. The number of aryl methyl sites for hydroxylation is 1. The number of amides is 2. The lowest BCUT2D eigenvalue weighted by molar-refractivity contribution is -0.128. The molecule has 0 fully saturated rings. The second-order valence-corrected chi connectivity index (χ2v) is 13.2. The third-order valence-corrected chi connectivity index (χ3v) is 8.78. The highest BCUT2D eigenvalue weighted by atomic mass is 31.2. The van der Waals surface area contributed by atoms with E-state index in [1.165, 1.54) is 26.2 Å². The Morgan fingerprint density at radius 2 is 1.42 bits per heavy atom. The van der Waals surface area contributed by atoms with Crippen LogP contribution in [0.15, 0.2) is 89.5 Å². The molecule has 0 aliphatic rings. The molecule has 0 unspecified atom stereocenters. The molecule has 3 aromatic carbocycles. The van der Waals surface area contributed by atoms with Crippen LogP contribution in [-0.4, -0.2) is 28.0 Å². The van der Waals surface area contributed by atoms with Crippen LogP contribution in [0.2, 0.25) is 0 Å². The van der Waals surface area contributed by atoms with Gasteiger partial charge in [0.1, 0.15) is 17.8 Å². The number of rotatable bonds is 20. The number of aromatic nitrogens is 2. The van der Waals surface area contributed by atoms with E-state index in [0.717, 1.165) is 36.0 Å². The molecule has 0 spiro atoms. The van der Waals surface area contributed by atoms with Crippen LogP contribution in [0.1, 0.15) is 87.3 Å². The number of unbranched alkanes of at least 4 members (excludes halogenated alkanes) is 4. The van der Waals surface area contributed by atoms with Crippen LogP contribution in [0.5, 0.6) is 5.75 Å². The van der Waals surface area contributed by atoms with Crippen molar-refractivity contribution in [3.63, 3.8) is 0 Å². The molecular weight excluding hydrogens is 631 g/mol. The maximum atomic E-state index is 13.7. The van der Waals surface area contributed by atoms with Crippen molar-refractivity contribution in [2.75, 3.05) is 0 Å². The molecule has 1 heterocycles. The first-order valence-electron chi connectivity index (χ1n) is 16.4. The molecule has 4 aromatic rings.